The lowest BCUT2D eigenvalue weighted by molar-refractivity contribution is -0.115. The molecule has 30 heavy (non-hydrogen) atoms. The number of ether oxygens (including phenoxy) is 3. The van der Waals surface area contributed by atoms with Gasteiger partial charge in [-0.15, -0.1) is 0 Å². The first kappa shape index (κ1) is 22.5. The van der Waals surface area contributed by atoms with E-state index in [1.165, 1.54) is 11.8 Å². The van der Waals surface area contributed by atoms with Crippen molar-refractivity contribution in [3.05, 3.63) is 57.5 Å². The van der Waals surface area contributed by atoms with Gasteiger partial charge in [0, 0.05) is 6.42 Å². The molecule has 8 heteroatoms. The smallest absolute Gasteiger partial charge is 0.263 e. The fraction of sp³-hybridized carbons (Fsp3) is 0.273. The third-order valence-electron chi connectivity index (χ3n) is 4.06. The number of carbonyl (C=O) groups excluding carboxylic acids is 1. The Morgan fingerprint density at radius 2 is 1.97 bits per heavy atom. The molecule has 1 saturated heterocycles. The lowest BCUT2D eigenvalue weighted by atomic mass is 10.2. The Morgan fingerprint density at radius 3 is 2.67 bits per heavy atom. The maximum absolute atomic E-state index is 11.9. The summed E-state index contributed by atoms with van der Waals surface area (Å²) in [6, 6.07) is 11.5. The summed E-state index contributed by atoms with van der Waals surface area (Å²) >= 11 is 12.7. The quantitative estimate of drug-likeness (QED) is 0.306. The number of benzene rings is 2. The molecule has 5 nitrogen and oxygen atoms in total. The standard InChI is InChI=1S/C22H22ClNO4S2/c1-3-26-18-12-15(13-19-21(25)24-22(29)30-19)11-17(23)20(18)28-9-5-8-27-16-7-4-6-14(2)10-16/h4,6-7,10-13H,3,5,8-9H2,1-2H3,(H,24,25,29). The molecule has 1 fully saturated rings. The van der Waals surface area contributed by atoms with Crippen LogP contribution in [0, 0.1) is 6.92 Å². The summed E-state index contributed by atoms with van der Waals surface area (Å²) < 4.78 is 17.8. The topological polar surface area (TPSA) is 56.8 Å². The molecule has 1 amide bonds. The Morgan fingerprint density at radius 1 is 1.17 bits per heavy atom. The van der Waals surface area contributed by atoms with Gasteiger partial charge in [-0.1, -0.05) is 47.7 Å². The van der Waals surface area contributed by atoms with Crippen molar-refractivity contribution in [2.75, 3.05) is 19.8 Å². The Hall–Kier alpha value is -2.22. The van der Waals surface area contributed by atoms with Crippen molar-refractivity contribution in [1.82, 2.24) is 5.32 Å². The molecule has 1 aliphatic heterocycles. The van der Waals surface area contributed by atoms with E-state index in [2.05, 4.69) is 5.32 Å². The molecule has 0 bridgehead atoms. The summed E-state index contributed by atoms with van der Waals surface area (Å²) in [4.78, 5) is 12.4. The van der Waals surface area contributed by atoms with Gasteiger partial charge in [0.2, 0.25) is 0 Å². The number of amides is 1. The van der Waals surface area contributed by atoms with E-state index in [1.54, 1.807) is 18.2 Å². The third-order valence-corrected chi connectivity index (χ3v) is 5.51. The van der Waals surface area contributed by atoms with E-state index in [-0.39, 0.29) is 5.91 Å². The molecular weight excluding hydrogens is 442 g/mol. The van der Waals surface area contributed by atoms with Crippen LogP contribution in [0.4, 0.5) is 0 Å². The van der Waals surface area contributed by atoms with Crippen molar-refractivity contribution in [3.8, 4) is 17.2 Å². The van der Waals surface area contributed by atoms with Crippen molar-refractivity contribution in [2.24, 2.45) is 0 Å². The van der Waals surface area contributed by atoms with Crippen LogP contribution in [0.3, 0.4) is 0 Å². The third kappa shape index (κ3) is 6.14. The summed E-state index contributed by atoms with van der Waals surface area (Å²) in [6.45, 7) is 5.33. The van der Waals surface area contributed by atoms with Gasteiger partial charge < -0.3 is 19.5 Å². The molecule has 2 aromatic rings. The highest BCUT2D eigenvalue weighted by molar-refractivity contribution is 8.26. The van der Waals surface area contributed by atoms with Crippen LogP contribution in [-0.2, 0) is 4.79 Å². The molecule has 0 unspecified atom stereocenters. The van der Waals surface area contributed by atoms with Crippen molar-refractivity contribution >= 4 is 51.9 Å². The number of carbonyl (C=O) groups is 1. The maximum Gasteiger partial charge on any atom is 0.263 e. The van der Waals surface area contributed by atoms with E-state index in [0.29, 0.717) is 52.0 Å². The van der Waals surface area contributed by atoms with Crippen LogP contribution in [-0.4, -0.2) is 30.0 Å². The molecule has 0 spiro atoms. The average Bonchev–Trinajstić information content (AvgIpc) is 3.00. The van der Waals surface area contributed by atoms with Crippen molar-refractivity contribution in [2.45, 2.75) is 20.3 Å². The van der Waals surface area contributed by atoms with E-state index in [4.69, 9.17) is 38.0 Å². The van der Waals surface area contributed by atoms with Gasteiger partial charge >= 0.3 is 0 Å². The highest BCUT2D eigenvalue weighted by atomic mass is 35.5. The summed E-state index contributed by atoms with van der Waals surface area (Å²) in [5.74, 6) is 1.64. The van der Waals surface area contributed by atoms with Gasteiger partial charge in [-0.2, -0.15) is 0 Å². The molecule has 0 saturated carbocycles. The maximum atomic E-state index is 11.9. The predicted octanol–water partition coefficient (Wildman–Crippen LogP) is 5.38. The average molecular weight is 464 g/mol. The second kappa shape index (κ2) is 10.7. The second-order valence-corrected chi connectivity index (χ2v) is 8.61. The minimum atomic E-state index is -0.215. The zero-order valence-corrected chi connectivity index (χ0v) is 19.1. The Labute approximate surface area is 190 Å². The van der Waals surface area contributed by atoms with Crippen molar-refractivity contribution in [1.29, 1.82) is 0 Å². The summed E-state index contributed by atoms with van der Waals surface area (Å²) in [7, 11) is 0. The van der Waals surface area contributed by atoms with Gasteiger partial charge in [-0.25, -0.2) is 0 Å². The molecule has 1 N–H and O–H groups in total. The van der Waals surface area contributed by atoms with Crippen LogP contribution in [0.15, 0.2) is 41.3 Å². The molecule has 0 aromatic heterocycles. The van der Waals surface area contributed by atoms with Crippen LogP contribution in [0.2, 0.25) is 5.02 Å². The summed E-state index contributed by atoms with van der Waals surface area (Å²) in [5.41, 5.74) is 1.89. The molecule has 2 aromatic carbocycles. The van der Waals surface area contributed by atoms with Gasteiger partial charge in [-0.3, -0.25) is 4.79 Å². The Bertz CT molecular complexity index is 978. The molecule has 0 aliphatic carbocycles. The monoisotopic (exact) mass is 463 g/mol. The number of aryl methyl sites for hydroxylation is 1. The molecular formula is C22H22ClNO4S2. The number of nitrogens with one attached hydrogen (secondary N) is 1. The number of hydrogen-bond donors (Lipinski definition) is 1. The summed E-state index contributed by atoms with van der Waals surface area (Å²) in [6.07, 6.45) is 2.42. The van der Waals surface area contributed by atoms with Gasteiger partial charge in [0.05, 0.1) is 29.7 Å². The van der Waals surface area contributed by atoms with E-state index in [9.17, 15) is 4.79 Å². The van der Waals surface area contributed by atoms with Gasteiger partial charge in [0.25, 0.3) is 5.91 Å². The molecule has 1 aliphatic rings. The van der Waals surface area contributed by atoms with E-state index in [1.807, 2.05) is 38.1 Å². The van der Waals surface area contributed by atoms with E-state index < -0.39 is 0 Å². The first-order valence-corrected chi connectivity index (χ1v) is 11.1. The van der Waals surface area contributed by atoms with E-state index >= 15 is 0 Å². The van der Waals surface area contributed by atoms with Crippen molar-refractivity contribution in [3.63, 3.8) is 0 Å². The number of rotatable bonds is 9. The molecule has 3 rings (SSSR count). The van der Waals surface area contributed by atoms with Crippen LogP contribution >= 0.6 is 35.6 Å². The van der Waals surface area contributed by atoms with Crippen LogP contribution < -0.4 is 19.5 Å². The number of thiocarbonyl (C=S) groups is 1. The Balaban J connectivity index is 1.63. The van der Waals surface area contributed by atoms with Gasteiger partial charge in [-0.05, 0) is 55.3 Å². The lowest BCUT2D eigenvalue weighted by Gasteiger charge is -2.15. The Kier molecular flexibility index (Phi) is 8.01. The van der Waals surface area contributed by atoms with Crippen LogP contribution in [0.1, 0.15) is 24.5 Å². The van der Waals surface area contributed by atoms with Gasteiger partial charge in [0.1, 0.15) is 10.1 Å². The number of halogens is 1. The number of thioether (sulfide) groups is 1. The van der Waals surface area contributed by atoms with Crippen LogP contribution in [0.25, 0.3) is 6.08 Å². The summed E-state index contributed by atoms with van der Waals surface area (Å²) in [5, 5.41) is 3.01. The highest BCUT2D eigenvalue weighted by Crippen LogP contribution is 2.38. The fourth-order valence-corrected chi connectivity index (χ4v) is 4.09. The molecule has 158 valence electrons. The first-order chi connectivity index (χ1) is 14.5. The van der Waals surface area contributed by atoms with Gasteiger partial charge in [0.15, 0.2) is 11.5 Å². The minimum absolute atomic E-state index is 0.215. The molecule has 1 heterocycles. The molecule has 0 radical (unpaired) electrons. The zero-order valence-electron chi connectivity index (χ0n) is 16.7. The van der Waals surface area contributed by atoms with Crippen LogP contribution in [0.5, 0.6) is 17.2 Å². The van der Waals surface area contributed by atoms with Crippen molar-refractivity contribution < 1.29 is 19.0 Å². The first-order valence-electron chi connectivity index (χ1n) is 9.49. The second-order valence-electron chi connectivity index (χ2n) is 6.48. The largest absolute Gasteiger partial charge is 0.493 e. The predicted molar refractivity (Wildman–Crippen MR) is 126 cm³/mol. The fourth-order valence-electron chi connectivity index (χ4n) is 2.78. The normalized spacial score (nSPS) is 14.7. The lowest BCUT2D eigenvalue weighted by Crippen LogP contribution is -2.17. The minimum Gasteiger partial charge on any atom is -0.493 e. The highest BCUT2D eigenvalue weighted by Gasteiger charge is 2.22. The zero-order chi connectivity index (χ0) is 21.5. The number of hydrogen-bond acceptors (Lipinski definition) is 6. The van der Waals surface area contributed by atoms with E-state index in [0.717, 1.165) is 16.9 Å². The molecule has 0 atom stereocenters. The SMILES string of the molecule is CCOc1cc(C=C2SC(=S)NC2=O)cc(Cl)c1OCCCOc1cccc(C)c1.